The maximum Gasteiger partial charge on any atom is 0.200 e. The number of aromatic hydroxyl groups is 3. The maximum atomic E-state index is 12.6. The Morgan fingerprint density at radius 1 is 1.24 bits per heavy atom. The zero-order valence-electron chi connectivity index (χ0n) is 13.0. The predicted molar refractivity (Wildman–Crippen MR) is 79.9 cm³/mol. The lowest BCUT2D eigenvalue weighted by Crippen LogP contribution is -2.38. The molecule has 0 aliphatic heterocycles. The predicted octanol–water partition coefficient (Wildman–Crippen LogP) is 3.22. The first-order valence-corrected chi connectivity index (χ1v) is 7.15. The van der Waals surface area contributed by atoms with Crippen molar-refractivity contribution in [2.75, 3.05) is 6.61 Å². The number of hydrogen-bond donors (Lipinski definition) is 3. The number of ketones is 1. The summed E-state index contributed by atoms with van der Waals surface area (Å²) < 4.78 is 5.74. The third-order valence-corrected chi connectivity index (χ3v) is 3.60. The van der Waals surface area contributed by atoms with Crippen molar-refractivity contribution in [2.45, 2.75) is 46.1 Å². The minimum atomic E-state index is -1.02. The maximum absolute atomic E-state index is 12.6. The Hall–Kier alpha value is -1.75. The first-order chi connectivity index (χ1) is 9.71. The van der Waals surface area contributed by atoms with Crippen molar-refractivity contribution >= 4 is 5.78 Å². The fraction of sp³-hybridized carbons (Fsp3) is 0.562. The molecule has 3 N–H and O–H groups in total. The number of phenolic OH excluding ortho intramolecular Hbond substituents is 3. The van der Waals surface area contributed by atoms with Gasteiger partial charge in [0.1, 0.15) is 5.60 Å². The van der Waals surface area contributed by atoms with Crippen molar-refractivity contribution in [1.82, 2.24) is 0 Å². The Morgan fingerprint density at radius 3 is 2.19 bits per heavy atom. The van der Waals surface area contributed by atoms with Crippen LogP contribution in [0.5, 0.6) is 17.2 Å². The van der Waals surface area contributed by atoms with E-state index in [9.17, 15) is 20.1 Å². The molecule has 0 saturated heterocycles. The van der Waals surface area contributed by atoms with E-state index in [1.54, 1.807) is 6.92 Å². The van der Waals surface area contributed by atoms with Crippen molar-refractivity contribution in [3.05, 3.63) is 17.7 Å². The average Bonchev–Trinajstić information content (AvgIpc) is 2.42. The van der Waals surface area contributed by atoms with Gasteiger partial charge in [-0.1, -0.05) is 20.8 Å². The highest BCUT2D eigenvalue weighted by molar-refractivity contribution is 6.03. The van der Waals surface area contributed by atoms with Gasteiger partial charge in [0.2, 0.25) is 0 Å². The van der Waals surface area contributed by atoms with Gasteiger partial charge >= 0.3 is 0 Å². The molecule has 1 aromatic carbocycles. The van der Waals surface area contributed by atoms with Crippen LogP contribution in [0.2, 0.25) is 0 Å². The van der Waals surface area contributed by atoms with Gasteiger partial charge in [0.15, 0.2) is 23.0 Å². The summed E-state index contributed by atoms with van der Waals surface area (Å²) in [6, 6.07) is 2.27. The van der Waals surface area contributed by atoms with E-state index < -0.39 is 22.8 Å². The van der Waals surface area contributed by atoms with Gasteiger partial charge in [-0.15, -0.1) is 0 Å². The molecule has 0 aliphatic rings. The molecule has 1 aromatic rings. The molecule has 21 heavy (non-hydrogen) atoms. The first kappa shape index (κ1) is 17.3. The molecule has 0 unspecified atom stereocenters. The molecule has 0 aliphatic carbocycles. The third kappa shape index (κ3) is 4.11. The Morgan fingerprint density at radius 2 is 1.76 bits per heavy atom. The number of hydrogen-bond acceptors (Lipinski definition) is 5. The van der Waals surface area contributed by atoms with Crippen LogP contribution in [-0.4, -0.2) is 33.3 Å². The molecule has 0 amide bonds. The van der Waals surface area contributed by atoms with Crippen LogP contribution in [0.3, 0.4) is 0 Å². The molecule has 0 saturated carbocycles. The summed E-state index contributed by atoms with van der Waals surface area (Å²) in [5.74, 6) is -1.55. The fourth-order valence-corrected chi connectivity index (χ4v) is 1.89. The molecule has 0 spiro atoms. The van der Waals surface area contributed by atoms with E-state index in [2.05, 4.69) is 13.8 Å². The molecule has 0 aromatic heterocycles. The van der Waals surface area contributed by atoms with Gasteiger partial charge in [0.05, 0.1) is 0 Å². The van der Waals surface area contributed by atoms with Gasteiger partial charge < -0.3 is 20.1 Å². The van der Waals surface area contributed by atoms with Crippen LogP contribution in [-0.2, 0) is 4.74 Å². The molecule has 118 valence electrons. The van der Waals surface area contributed by atoms with Crippen molar-refractivity contribution in [3.8, 4) is 17.2 Å². The minimum Gasteiger partial charge on any atom is -0.504 e. The second-order valence-electron chi connectivity index (χ2n) is 5.81. The third-order valence-electron chi connectivity index (χ3n) is 3.60. The second-order valence-corrected chi connectivity index (χ2v) is 5.81. The van der Waals surface area contributed by atoms with Crippen molar-refractivity contribution in [2.24, 2.45) is 5.92 Å². The Balaban J connectivity index is 2.97. The summed E-state index contributed by atoms with van der Waals surface area (Å²) in [6.07, 6.45) is 1.31. The van der Waals surface area contributed by atoms with Gasteiger partial charge in [0.25, 0.3) is 0 Å². The number of phenols is 3. The summed E-state index contributed by atoms with van der Waals surface area (Å²) in [5.41, 5.74) is -0.915. The summed E-state index contributed by atoms with van der Waals surface area (Å²) in [7, 11) is 0. The number of benzene rings is 1. The quantitative estimate of drug-likeness (QED) is 0.531. The topological polar surface area (TPSA) is 87.0 Å². The largest absolute Gasteiger partial charge is 0.504 e. The van der Waals surface area contributed by atoms with Crippen molar-refractivity contribution in [3.63, 3.8) is 0 Å². The zero-order chi connectivity index (χ0) is 16.2. The number of ether oxygens (including phenoxy) is 1. The van der Waals surface area contributed by atoms with Gasteiger partial charge in [-0.05, 0) is 37.8 Å². The minimum absolute atomic E-state index is 0.108. The van der Waals surface area contributed by atoms with Crippen LogP contribution < -0.4 is 0 Å². The van der Waals surface area contributed by atoms with Crippen molar-refractivity contribution < 1.29 is 24.9 Å². The lowest BCUT2D eigenvalue weighted by molar-refractivity contribution is -0.0208. The van der Waals surface area contributed by atoms with Gasteiger partial charge in [0, 0.05) is 12.2 Å². The summed E-state index contributed by atoms with van der Waals surface area (Å²) in [4.78, 5) is 12.6. The molecule has 0 bridgehead atoms. The van der Waals surface area contributed by atoms with Crippen LogP contribution in [0.1, 0.15) is 50.9 Å². The molecular formula is C16H24O5. The molecular weight excluding hydrogens is 272 g/mol. The van der Waals surface area contributed by atoms with Crippen LogP contribution in [0.25, 0.3) is 0 Å². The van der Waals surface area contributed by atoms with Crippen LogP contribution in [0.4, 0.5) is 0 Å². The standard InChI is InChI=1S/C16H24O5/c1-5-16(4,21-7-6-10(2)3)15(20)11-8-12(17)14(19)13(18)9-11/h8-10,17-19H,5-7H2,1-4H3/t16-/m0/s1. The molecule has 0 fully saturated rings. The molecule has 1 rings (SSSR count). The Kier molecular flexibility index (Phi) is 5.61. The van der Waals surface area contributed by atoms with E-state index in [0.717, 1.165) is 18.6 Å². The molecule has 0 radical (unpaired) electrons. The van der Waals surface area contributed by atoms with Crippen LogP contribution in [0, 0.1) is 5.92 Å². The van der Waals surface area contributed by atoms with E-state index >= 15 is 0 Å². The number of rotatable bonds is 7. The van der Waals surface area contributed by atoms with E-state index in [4.69, 9.17) is 4.74 Å². The highest BCUT2D eigenvalue weighted by Gasteiger charge is 2.34. The number of carbonyl (C=O) groups excluding carboxylic acids is 1. The van der Waals surface area contributed by atoms with Gasteiger partial charge in [-0.2, -0.15) is 0 Å². The summed E-state index contributed by atoms with van der Waals surface area (Å²) in [6.45, 7) is 8.14. The van der Waals surface area contributed by atoms with E-state index in [1.807, 2.05) is 6.92 Å². The zero-order valence-corrected chi connectivity index (χ0v) is 13.0. The smallest absolute Gasteiger partial charge is 0.200 e. The van der Waals surface area contributed by atoms with Gasteiger partial charge in [-0.3, -0.25) is 4.79 Å². The lowest BCUT2D eigenvalue weighted by atomic mass is 9.91. The first-order valence-electron chi connectivity index (χ1n) is 7.15. The highest BCUT2D eigenvalue weighted by atomic mass is 16.5. The SMILES string of the molecule is CC[C@](C)(OCCC(C)C)C(=O)c1cc(O)c(O)c(O)c1. The molecule has 0 heterocycles. The molecule has 5 nitrogen and oxygen atoms in total. The number of Topliss-reactive ketones (excluding diaryl/α,β-unsaturated/α-hetero) is 1. The average molecular weight is 296 g/mol. The summed E-state index contributed by atoms with van der Waals surface area (Å²) in [5, 5.41) is 28.4. The van der Waals surface area contributed by atoms with Crippen molar-refractivity contribution in [1.29, 1.82) is 0 Å². The highest BCUT2D eigenvalue weighted by Crippen LogP contribution is 2.37. The summed E-state index contributed by atoms with van der Waals surface area (Å²) >= 11 is 0. The monoisotopic (exact) mass is 296 g/mol. The fourth-order valence-electron chi connectivity index (χ4n) is 1.89. The van der Waals surface area contributed by atoms with Gasteiger partial charge in [-0.25, -0.2) is 0 Å². The lowest BCUT2D eigenvalue weighted by Gasteiger charge is -2.28. The van der Waals surface area contributed by atoms with E-state index in [0.29, 0.717) is 18.9 Å². The van der Waals surface area contributed by atoms with E-state index in [1.165, 1.54) is 0 Å². The normalized spacial score (nSPS) is 14.1. The molecule has 5 heteroatoms. The molecule has 1 atom stereocenters. The second kappa shape index (κ2) is 6.80. The van der Waals surface area contributed by atoms with E-state index in [-0.39, 0.29) is 11.3 Å². The Labute approximate surface area is 125 Å². The van der Waals surface area contributed by atoms with Crippen LogP contribution in [0.15, 0.2) is 12.1 Å². The number of carbonyl (C=O) groups is 1. The van der Waals surface area contributed by atoms with Crippen LogP contribution >= 0.6 is 0 Å². The Bertz CT molecular complexity index is 486.